The third-order valence-corrected chi connectivity index (χ3v) is 8.95. The fourth-order valence-electron chi connectivity index (χ4n) is 8.06. The van der Waals surface area contributed by atoms with Crippen LogP contribution >= 0.6 is 0 Å². The Hall–Kier alpha value is -0.860. The van der Waals surface area contributed by atoms with Crippen molar-refractivity contribution in [2.24, 2.45) is 39.9 Å². The van der Waals surface area contributed by atoms with Gasteiger partial charge in [0.1, 0.15) is 6.29 Å². The van der Waals surface area contributed by atoms with E-state index in [0.29, 0.717) is 23.2 Å². The molecule has 4 aliphatic rings. The van der Waals surface area contributed by atoms with E-state index in [1.807, 2.05) is 0 Å². The number of aldehydes is 1. The fraction of sp³-hybridized carbons (Fsp3) is 0.905. The van der Waals surface area contributed by atoms with E-state index >= 15 is 0 Å². The highest BCUT2D eigenvalue weighted by Gasteiger charge is 2.65. The molecule has 4 aliphatic carbocycles. The fourth-order valence-corrected chi connectivity index (χ4v) is 8.06. The Kier molecular flexibility index (Phi) is 3.68. The molecule has 24 heavy (non-hydrogen) atoms. The summed E-state index contributed by atoms with van der Waals surface area (Å²) in [5, 5.41) is 0. The maximum atomic E-state index is 12.3. The molecule has 0 radical (unpaired) electrons. The normalized spacial score (nSPS) is 53.0. The smallest absolute Gasteiger partial charge is 0.308 e. The van der Waals surface area contributed by atoms with Crippen molar-refractivity contribution in [3.8, 4) is 0 Å². The highest BCUT2D eigenvalue weighted by molar-refractivity contribution is 5.73. The van der Waals surface area contributed by atoms with Crippen LogP contribution < -0.4 is 0 Å². The topological polar surface area (TPSA) is 43.4 Å². The van der Waals surface area contributed by atoms with Crippen LogP contribution in [-0.2, 0) is 14.3 Å². The number of hydrogen-bond acceptors (Lipinski definition) is 3. The molecular formula is C21H32O3. The first-order valence-electron chi connectivity index (χ1n) is 9.93. The molecule has 7 atom stereocenters. The van der Waals surface area contributed by atoms with Crippen molar-refractivity contribution in [1.29, 1.82) is 0 Å². The summed E-state index contributed by atoms with van der Waals surface area (Å²) in [5.74, 6) is 1.90. The first-order chi connectivity index (χ1) is 11.4. The summed E-state index contributed by atoms with van der Waals surface area (Å²) < 4.78 is 5.12. The van der Waals surface area contributed by atoms with E-state index in [2.05, 4.69) is 13.8 Å². The van der Waals surface area contributed by atoms with E-state index in [1.54, 1.807) is 0 Å². The lowest BCUT2D eigenvalue weighted by Gasteiger charge is -2.63. The van der Waals surface area contributed by atoms with Gasteiger partial charge in [-0.2, -0.15) is 0 Å². The number of hydrogen-bond donors (Lipinski definition) is 0. The zero-order valence-electron chi connectivity index (χ0n) is 15.5. The van der Waals surface area contributed by atoms with Crippen LogP contribution in [0.25, 0.3) is 0 Å². The molecule has 2 unspecified atom stereocenters. The number of fused-ring (bicyclic) bond motifs is 3. The Labute approximate surface area is 145 Å². The lowest BCUT2D eigenvalue weighted by atomic mass is 9.41. The predicted octanol–water partition coefficient (Wildman–Crippen LogP) is 4.39. The van der Waals surface area contributed by atoms with Crippen molar-refractivity contribution in [1.82, 2.24) is 0 Å². The molecule has 1 spiro atoms. The summed E-state index contributed by atoms with van der Waals surface area (Å²) in [4.78, 5) is 24.2. The molecule has 0 heterocycles. The van der Waals surface area contributed by atoms with Crippen LogP contribution in [0.5, 0.6) is 0 Å². The summed E-state index contributed by atoms with van der Waals surface area (Å²) in [6, 6.07) is 0. The van der Waals surface area contributed by atoms with Gasteiger partial charge in [0.2, 0.25) is 0 Å². The summed E-state index contributed by atoms with van der Waals surface area (Å²) in [6.07, 6.45) is 11.8. The summed E-state index contributed by atoms with van der Waals surface area (Å²) in [6.45, 7) is 4.69. The average Bonchev–Trinajstić information content (AvgIpc) is 2.84. The van der Waals surface area contributed by atoms with Crippen molar-refractivity contribution >= 4 is 12.3 Å². The van der Waals surface area contributed by atoms with Crippen molar-refractivity contribution < 1.29 is 14.3 Å². The van der Waals surface area contributed by atoms with E-state index in [9.17, 15) is 9.59 Å². The second-order valence-electron chi connectivity index (χ2n) is 9.86. The molecule has 4 rings (SSSR count). The van der Waals surface area contributed by atoms with Crippen LogP contribution in [0.2, 0.25) is 0 Å². The monoisotopic (exact) mass is 332 g/mol. The molecule has 4 fully saturated rings. The maximum Gasteiger partial charge on any atom is 0.308 e. The van der Waals surface area contributed by atoms with Gasteiger partial charge in [-0.25, -0.2) is 0 Å². The van der Waals surface area contributed by atoms with E-state index in [4.69, 9.17) is 4.74 Å². The Bertz CT molecular complexity index is 557. The van der Waals surface area contributed by atoms with E-state index in [1.165, 1.54) is 58.3 Å². The predicted molar refractivity (Wildman–Crippen MR) is 92.2 cm³/mol. The van der Waals surface area contributed by atoms with E-state index in [-0.39, 0.29) is 22.7 Å². The standard InChI is InChI=1S/C21H32O3/c1-19(13-22)8-4-9-20(2)16(19)7-10-21-11-14(5-6-17(20)21)15(12-21)18(23)24-3/h13-17H,4-12H2,1-3H3/t14-,15-,16?,17?,19-,20+,21-/m0/s1. The van der Waals surface area contributed by atoms with Gasteiger partial charge < -0.3 is 9.53 Å². The van der Waals surface area contributed by atoms with Crippen LogP contribution in [-0.4, -0.2) is 19.4 Å². The van der Waals surface area contributed by atoms with Crippen LogP contribution in [0, 0.1) is 39.9 Å². The van der Waals surface area contributed by atoms with Crippen LogP contribution in [0.1, 0.15) is 71.6 Å². The Morgan fingerprint density at radius 2 is 1.83 bits per heavy atom. The Balaban J connectivity index is 1.68. The molecule has 134 valence electrons. The molecule has 0 N–H and O–H groups in total. The van der Waals surface area contributed by atoms with Crippen molar-refractivity contribution in [3.63, 3.8) is 0 Å². The minimum Gasteiger partial charge on any atom is -0.469 e. The van der Waals surface area contributed by atoms with E-state index < -0.39 is 0 Å². The quantitative estimate of drug-likeness (QED) is 0.556. The molecule has 0 saturated heterocycles. The first kappa shape index (κ1) is 16.6. The minimum atomic E-state index is -0.133. The molecule has 4 saturated carbocycles. The van der Waals surface area contributed by atoms with Crippen molar-refractivity contribution in [2.45, 2.75) is 71.6 Å². The summed E-state index contributed by atoms with van der Waals surface area (Å²) in [5.41, 5.74) is 0.488. The SMILES string of the molecule is COC(=O)[C@H]1C[C@@]23CCC4[C@@](C)(CCC[C@@]4(C)C=O)C2CC[C@H]1C3. The molecule has 3 nitrogen and oxygen atoms in total. The Morgan fingerprint density at radius 3 is 2.54 bits per heavy atom. The number of carbonyl (C=O) groups excluding carboxylic acids is 2. The maximum absolute atomic E-state index is 12.3. The van der Waals surface area contributed by atoms with Crippen LogP contribution in [0.3, 0.4) is 0 Å². The summed E-state index contributed by atoms with van der Waals surface area (Å²) >= 11 is 0. The van der Waals surface area contributed by atoms with Gasteiger partial charge in [-0.3, -0.25) is 4.79 Å². The number of ether oxygens (including phenoxy) is 1. The molecule has 0 amide bonds. The molecule has 0 aromatic rings. The average molecular weight is 332 g/mol. The highest BCUT2D eigenvalue weighted by atomic mass is 16.5. The van der Waals surface area contributed by atoms with Crippen LogP contribution in [0.4, 0.5) is 0 Å². The lowest BCUT2D eigenvalue weighted by molar-refractivity contribution is -0.157. The van der Waals surface area contributed by atoms with Gasteiger partial charge in [-0.15, -0.1) is 0 Å². The first-order valence-corrected chi connectivity index (χ1v) is 9.93. The zero-order chi connectivity index (χ0) is 17.2. The van der Waals surface area contributed by atoms with E-state index in [0.717, 1.165) is 12.8 Å². The molecular weight excluding hydrogens is 300 g/mol. The molecule has 0 aromatic carbocycles. The second-order valence-corrected chi connectivity index (χ2v) is 9.86. The van der Waals surface area contributed by atoms with Gasteiger partial charge in [0, 0.05) is 5.41 Å². The molecule has 0 aromatic heterocycles. The summed E-state index contributed by atoms with van der Waals surface area (Å²) in [7, 11) is 1.54. The third kappa shape index (κ3) is 2.02. The molecule has 2 bridgehead atoms. The van der Waals surface area contributed by atoms with Gasteiger partial charge in [0.05, 0.1) is 13.0 Å². The van der Waals surface area contributed by atoms with Gasteiger partial charge in [-0.05, 0) is 80.0 Å². The van der Waals surface area contributed by atoms with Gasteiger partial charge in [-0.1, -0.05) is 20.3 Å². The Morgan fingerprint density at radius 1 is 1.04 bits per heavy atom. The molecule has 3 heteroatoms. The van der Waals surface area contributed by atoms with Crippen molar-refractivity contribution in [3.05, 3.63) is 0 Å². The molecule has 0 aliphatic heterocycles. The lowest BCUT2D eigenvalue weighted by Crippen LogP contribution is -2.56. The largest absolute Gasteiger partial charge is 0.469 e. The second kappa shape index (κ2) is 5.32. The van der Waals surface area contributed by atoms with Crippen LogP contribution in [0.15, 0.2) is 0 Å². The highest BCUT2D eigenvalue weighted by Crippen LogP contribution is 2.72. The van der Waals surface area contributed by atoms with Gasteiger partial charge in [0.25, 0.3) is 0 Å². The minimum absolute atomic E-state index is 0.0196. The number of methoxy groups -OCH3 is 1. The van der Waals surface area contributed by atoms with Gasteiger partial charge in [0.15, 0.2) is 0 Å². The zero-order valence-corrected chi connectivity index (χ0v) is 15.5. The third-order valence-electron chi connectivity index (χ3n) is 8.95. The number of esters is 1. The van der Waals surface area contributed by atoms with Gasteiger partial charge >= 0.3 is 5.97 Å². The number of rotatable bonds is 2. The number of carbonyl (C=O) groups is 2. The van der Waals surface area contributed by atoms with Crippen molar-refractivity contribution in [2.75, 3.05) is 7.11 Å².